The Kier molecular flexibility index (Phi) is 6.16. The van der Waals surface area contributed by atoms with Gasteiger partial charge in [0, 0.05) is 37.7 Å². The lowest BCUT2D eigenvalue weighted by Gasteiger charge is -2.36. The monoisotopic (exact) mass is 317 g/mol. The van der Waals surface area contributed by atoms with Crippen molar-refractivity contribution >= 4 is 11.8 Å². The molecule has 5 nitrogen and oxygen atoms in total. The molecule has 1 aromatic carbocycles. The number of carbonyl (C=O) groups is 2. The molecule has 0 saturated carbocycles. The molecule has 0 bridgehead atoms. The molecule has 1 aliphatic rings. The van der Waals surface area contributed by atoms with Crippen molar-refractivity contribution in [2.24, 2.45) is 5.73 Å². The van der Waals surface area contributed by atoms with Gasteiger partial charge in [-0.05, 0) is 50.3 Å². The van der Waals surface area contributed by atoms with E-state index >= 15 is 0 Å². The zero-order chi connectivity index (χ0) is 16.8. The van der Waals surface area contributed by atoms with Crippen LogP contribution in [0.3, 0.4) is 0 Å². The van der Waals surface area contributed by atoms with E-state index in [2.05, 4.69) is 5.32 Å². The van der Waals surface area contributed by atoms with Crippen LogP contribution in [0, 0.1) is 13.8 Å². The summed E-state index contributed by atoms with van der Waals surface area (Å²) in [6, 6.07) is 5.91. The molecule has 23 heavy (non-hydrogen) atoms. The van der Waals surface area contributed by atoms with Gasteiger partial charge in [0.25, 0.3) is 5.91 Å². The number of aryl methyl sites for hydroxylation is 1. The molecule has 1 saturated heterocycles. The molecule has 1 heterocycles. The van der Waals surface area contributed by atoms with Crippen LogP contribution in [0.2, 0.25) is 0 Å². The summed E-state index contributed by atoms with van der Waals surface area (Å²) in [5.74, 6) is 0.0289. The molecular weight excluding hydrogens is 290 g/mol. The Balaban J connectivity index is 2.09. The quantitative estimate of drug-likeness (QED) is 0.869. The summed E-state index contributed by atoms with van der Waals surface area (Å²) >= 11 is 0. The number of hydrogen-bond donors (Lipinski definition) is 2. The van der Waals surface area contributed by atoms with Crippen LogP contribution in [0.15, 0.2) is 18.2 Å². The van der Waals surface area contributed by atoms with Crippen LogP contribution in [0.4, 0.5) is 0 Å². The number of nitrogens with one attached hydrogen (secondary N) is 1. The van der Waals surface area contributed by atoms with E-state index in [1.54, 1.807) is 0 Å². The number of piperidine rings is 1. The van der Waals surface area contributed by atoms with Gasteiger partial charge in [0.2, 0.25) is 5.91 Å². The Hall–Kier alpha value is -1.88. The molecule has 1 aromatic rings. The predicted octanol–water partition coefficient (Wildman–Crippen LogP) is 1.76. The van der Waals surface area contributed by atoms with Gasteiger partial charge in [-0.3, -0.25) is 9.59 Å². The van der Waals surface area contributed by atoms with E-state index in [4.69, 9.17) is 5.73 Å². The first-order chi connectivity index (χ1) is 11.0. The first-order valence-corrected chi connectivity index (χ1v) is 8.38. The maximum Gasteiger partial charge on any atom is 0.254 e. The second-order valence-electron chi connectivity index (χ2n) is 6.24. The van der Waals surface area contributed by atoms with Gasteiger partial charge in [-0.15, -0.1) is 0 Å². The molecule has 0 radical (unpaired) electrons. The van der Waals surface area contributed by atoms with Crippen molar-refractivity contribution in [1.29, 1.82) is 0 Å². The van der Waals surface area contributed by atoms with E-state index < -0.39 is 0 Å². The normalized spacial score (nSPS) is 17.9. The number of rotatable bonds is 5. The Morgan fingerprint density at radius 3 is 2.83 bits per heavy atom. The maximum absolute atomic E-state index is 12.9. The second-order valence-corrected chi connectivity index (χ2v) is 6.24. The second kappa shape index (κ2) is 8.11. The highest BCUT2D eigenvalue weighted by molar-refractivity contribution is 5.96. The minimum Gasteiger partial charge on any atom is -0.354 e. The van der Waals surface area contributed by atoms with E-state index in [0.29, 0.717) is 19.5 Å². The van der Waals surface area contributed by atoms with Crippen molar-refractivity contribution in [3.05, 3.63) is 34.9 Å². The van der Waals surface area contributed by atoms with E-state index in [9.17, 15) is 9.59 Å². The number of benzene rings is 1. The van der Waals surface area contributed by atoms with Crippen LogP contribution < -0.4 is 11.1 Å². The smallest absolute Gasteiger partial charge is 0.254 e. The Morgan fingerprint density at radius 1 is 1.30 bits per heavy atom. The number of likely N-dealkylation sites (tertiary alicyclic amines) is 1. The van der Waals surface area contributed by atoms with Crippen molar-refractivity contribution in [3.63, 3.8) is 0 Å². The first kappa shape index (κ1) is 17.5. The molecule has 1 aliphatic heterocycles. The third-order valence-corrected chi connectivity index (χ3v) is 4.63. The average molecular weight is 317 g/mol. The molecule has 2 amide bonds. The molecule has 0 aromatic heterocycles. The molecule has 1 unspecified atom stereocenters. The van der Waals surface area contributed by atoms with Crippen molar-refractivity contribution in [2.45, 2.75) is 45.6 Å². The van der Waals surface area contributed by atoms with Crippen LogP contribution in [0.25, 0.3) is 0 Å². The van der Waals surface area contributed by atoms with Gasteiger partial charge in [-0.2, -0.15) is 0 Å². The topological polar surface area (TPSA) is 75.4 Å². The highest BCUT2D eigenvalue weighted by Gasteiger charge is 2.28. The van der Waals surface area contributed by atoms with E-state index in [0.717, 1.165) is 42.5 Å². The summed E-state index contributed by atoms with van der Waals surface area (Å²) in [6.45, 7) is 5.62. The highest BCUT2D eigenvalue weighted by Crippen LogP contribution is 2.22. The van der Waals surface area contributed by atoms with Crippen LogP contribution >= 0.6 is 0 Å². The standard InChI is InChI=1S/C18H27N3O2/c1-13-6-5-8-16(14(13)2)18(23)21-11-4-3-7-15(21)12-20-17(22)9-10-19/h5-6,8,15H,3-4,7,9-12,19H2,1-2H3,(H,20,22). The van der Waals surface area contributed by atoms with Crippen molar-refractivity contribution in [1.82, 2.24) is 10.2 Å². The van der Waals surface area contributed by atoms with Crippen LogP contribution in [0.1, 0.15) is 47.2 Å². The molecule has 0 spiro atoms. The Morgan fingerprint density at radius 2 is 2.09 bits per heavy atom. The number of nitrogens with two attached hydrogens (primary N) is 1. The number of amides is 2. The van der Waals surface area contributed by atoms with Crippen LogP contribution in [-0.4, -0.2) is 42.4 Å². The van der Waals surface area contributed by atoms with E-state index in [1.807, 2.05) is 36.9 Å². The molecule has 3 N–H and O–H groups in total. The molecule has 5 heteroatoms. The van der Waals surface area contributed by atoms with Gasteiger partial charge in [0.15, 0.2) is 0 Å². The maximum atomic E-state index is 12.9. The Labute approximate surface area is 138 Å². The fraction of sp³-hybridized carbons (Fsp3) is 0.556. The summed E-state index contributed by atoms with van der Waals surface area (Å²) in [5.41, 5.74) is 8.33. The van der Waals surface area contributed by atoms with E-state index in [1.165, 1.54) is 0 Å². The van der Waals surface area contributed by atoms with Gasteiger partial charge in [-0.25, -0.2) is 0 Å². The zero-order valence-electron chi connectivity index (χ0n) is 14.1. The summed E-state index contributed by atoms with van der Waals surface area (Å²) < 4.78 is 0. The van der Waals surface area contributed by atoms with Gasteiger partial charge in [0.05, 0.1) is 0 Å². The highest BCUT2D eigenvalue weighted by atomic mass is 16.2. The lowest BCUT2D eigenvalue weighted by Crippen LogP contribution is -2.49. The minimum atomic E-state index is -0.0443. The number of carbonyl (C=O) groups excluding carboxylic acids is 2. The summed E-state index contributed by atoms with van der Waals surface area (Å²) in [4.78, 5) is 26.5. The van der Waals surface area contributed by atoms with Crippen LogP contribution in [0.5, 0.6) is 0 Å². The average Bonchev–Trinajstić information content (AvgIpc) is 2.55. The van der Waals surface area contributed by atoms with Crippen LogP contribution in [-0.2, 0) is 4.79 Å². The molecular formula is C18H27N3O2. The number of nitrogens with zero attached hydrogens (tertiary/aromatic N) is 1. The SMILES string of the molecule is Cc1cccc(C(=O)N2CCCCC2CNC(=O)CCN)c1C. The number of hydrogen-bond acceptors (Lipinski definition) is 3. The zero-order valence-corrected chi connectivity index (χ0v) is 14.1. The van der Waals surface area contributed by atoms with Crippen molar-refractivity contribution < 1.29 is 9.59 Å². The third kappa shape index (κ3) is 4.32. The lowest BCUT2D eigenvalue weighted by atomic mass is 9.97. The molecule has 126 valence electrons. The molecule has 0 aliphatic carbocycles. The lowest BCUT2D eigenvalue weighted by molar-refractivity contribution is -0.121. The van der Waals surface area contributed by atoms with Gasteiger partial charge in [0.1, 0.15) is 0 Å². The third-order valence-electron chi connectivity index (χ3n) is 4.63. The fourth-order valence-corrected chi connectivity index (χ4v) is 3.07. The van der Waals surface area contributed by atoms with Crippen molar-refractivity contribution in [3.8, 4) is 0 Å². The molecule has 1 atom stereocenters. The minimum absolute atomic E-state index is 0.0443. The van der Waals surface area contributed by atoms with Gasteiger partial charge >= 0.3 is 0 Å². The van der Waals surface area contributed by atoms with Gasteiger partial charge < -0.3 is 16.0 Å². The molecule has 2 rings (SSSR count). The fourth-order valence-electron chi connectivity index (χ4n) is 3.07. The van der Waals surface area contributed by atoms with Gasteiger partial charge in [-0.1, -0.05) is 12.1 Å². The largest absolute Gasteiger partial charge is 0.354 e. The van der Waals surface area contributed by atoms with Crippen molar-refractivity contribution in [2.75, 3.05) is 19.6 Å². The Bertz CT molecular complexity index is 571. The predicted molar refractivity (Wildman–Crippen MR) is 91.3 cm³/mol. The van der Waals surface area contributed by atoms with E-state index in [-0.39, 0.29) is 17.9 Å². The first-order valence-electron chi connectivity index (χ1n) is 8.38. The summed E-state index contributed by atoms with van der Waals surface area (Å²) in [6.07, 6.45) is 3.37. The molecule has 1 fully saturated rings. The summed E-state index contributed by atoms with van der Waals surface area (Å²) in [5, 5.41) is 2.90. The summed E-state index contributed by atoms with van der Waals surface area (Å²) in [7, 11) is 0.